The van der Waals surface area contributed by atoms with Crippen molar-refractivity contribution in [1.82, 2.24) is 9.55 Å². The summed E-state index contributed by atoms with van der Waals surface area (Å²) in [6, 6.07) is 23.1. The minimum Gasteiger partial charge on any atom is -0.268 e. The fourth-order valence-corrected chi connectivity index (χ4v) is 4.34. The number of nitriles is 1. The molecular formula is C24H19N3OS. The SMILES string of the molecule is Cc1cccc(C)c1-n1c(SCc2ccc(C#N)cc2)nc2ccccc2c1=O. The molecule has 0 aliphatic carbocycles. The van der Waals surface area contributed by atoms with Crippen LogP contribution in [0.3, 0.4) is 0 Å². The molecule has 0 saturated heterocycles. The highest BCUT2D eigenvalue weighted by molar-refractivity contribution is 7.98. The number of fused-ring (bicyclic) bond motifs is 1. The second kappa shape index (κ2) is 7.94. The van der Waals surface area contributed by atoms with Crippen molar-refractivity contribution in [2.45, 2.75) is 24.8 Å². The fraction of sp³-hybridized carbons (Fsp3) is 0.125. The number of thioether (sulfide) groups is 1. The summed E-state index contributed by atoms with van der Waals surface area (Å²) in [7, 11) is 0. The molecule has 0 aliphatic heterocycles. The Morgan fingerprint density at radius 3 is 2.34 bits per heavy atom. The summed E-state index contributed by atoms with van der Waals surface area (Å²) in [6.45, 7) is 4.03. The Morgan fingerprint density at radius 1 is 0.966 bits per heavy atom. The number of hydrogen-bond acceptors (Lipinski definition) is 4. The summed E-state index contributed by atoms with van der Waals surface area (Å²) in [4.78, 5) is 18.2. The molecule has 5 heteroatoms. The molecule has 0 aliphatic rings. The predicted molar refractivity (Wildman–Crippen MR) is 118 cm³/mol. The van der Waals surface area contributed by atoms with E-state index in [-0.39, 0.29) is 5.56 Å². The van der Waals surface area contributed by atoms with Crippen LogP contribution in [-0.2, 0) is 5.75 Å². The van der Waals surface area contributed by atoms with Crippen LogP contribution in [0.1, 0.15) is 22.3 Å². The molecule has 0 N–H and O–H groups in total. The molecule has 0 atom stereocenters. The van der Waals surface area contributed by atoms with Crippen LogP contribution in [0.25, 0.3) is 16.6 Å². The molecule has 4 rings (SSSR count). The second-order valence-corrected chi connectivity index (χ2v) is 7.83. The molecule has 3 aromatic carbocycles. The van der Waals surface area contributed by atoms with Crippen molar-refractivity contribution in [3.05, 3.63) is 99.3 Å². The number of nitrogens with zero attached hydrogens (tertiary/aromatic N) is 3. The summed E-state index contributed by atoms with van der Waals surface area (Å²) in [5.74, 6) is 0.654. The molecule has 1 aromatic heterocycles. The lowest BCUT2D eigenvalue weighted by Gasteiger charge is -2.17. The van der Waals surface area contributed by atoms with Crippen LogP contribution in [0.4, 0.5) is 0 Å². The summed E-state index contributed by atoms with van der Waals surface area (Å²) >= 11 is 1.52. The lowest BCUT2D eigenvalue weighted by molar-refractivity contribution is 0.809. The third-order valence-electron chi connectivity index (χ3n) is 4.86. The Bertz CT molecular complexity index is 1280. The topological polar surface area (TPSA) is 58.7 Å². The first-order chi connectivity index (χ1) is 14.1. The van der Waals surface area contributed by atoms with E-state index in [1.165, 1.54) is 11.8 Å². The number of aromatic nitrogens is 2. The molecule has 0 bridgehead atoms. The van der Waals surface area contributed by atoms with E-state index in [4.69, 9.17) is 10.2 Å². The largest absolute Gasteiger partial charge is 0.268 e. The highest BCUT2D eigenvalue weighted by Crippen LogP contribution is 2.27. The summed E-state index contributed by atoms with van der Waals surface area (Å²) in [5.41, 5.74) is 5.30. The van der Waals surface area contributed by atoms with Gasteiger partial charge in [0, 0.05) is 5.75 Å². The van der Waals surface area contributed by atoms with Gasteiger partial charge >= 0.3 is 0 Å². The fourth-order valence-electron chi connectivity index (χ4n) is 3.39. The van der Waals surface area contributed by atoms with Crippen molar-refractivity contribution in [2.75, 3.05) is 0 Å². The first kappa shape index (κ1) is 19.0. The van der Waals surface area contributed by atoms with E-state index >= 15 is 0 Å². The van der Waals surface area contributed by atoms with Crippen molar-refractivity contribution in [3.8, 4) is 11.8 Å². The van der Waals surface area contributed by atoms with Crippen LogP contribution in [-0.4, -0.2) is 9.55 Å². The Kier molecular flexibility index (Phi) is 5.20. The molecule has 142 valence electrons. The van der Waals surface area contributed by atoms with E-state index in [0.29, 0.717) is 27.4 Å². The maximum absolute atomic E-state index is 13.4. The van der Waals surface area contributed by atoms with E-state index in [0.717, 1.165) is 22.4 Å². The Balaban J connectivity index is 1.85. The zero-order chi connectivity index (χ0) is 20.4. The summed E-state index contributed by atoms with van der Waals surface area (Å²) in [5, 5.41) is 10.3. The summed E-state index contributed by atoms with van der Waals surface area (Å²) in [6.07, 6.45) is 0. The quantitative estimate of drug-likeness (QED) is 0.352. The smallest absolute Gasteiger partial charge is 0.266 e. The van der Waals surface area contributed by atoms with Gasteiger partial charge in [-0.1, -0.05) is 54.2 Å². The van der Waals surface area contributed by atoms with Gasteiger partial charge in [-0.3, -0.25) is 9.36 Å². The molecular weight excluding hydrogens is 378 g/mol. The minimum atomic E-state index is -0.0599. The Hall–Kier alpha value is -3.36. The van der Waals surface area contributed by atoms with Crippen molar-refractivity contribution in [2.24, 2.45) is 0 Å². The molecule has 4 aromatic rings. The van der Waals surface area contributed by atoms with E-state index in [2.05, 4.69) is 6.07 Å². The van der Waals surface area contributed by atoms with Gasteiger partial charge in [-0.2, -0.15) is 5.26 Å². The van der Waals surface area contributed by atoms with Crippen LogP contribution >= 0.6 is 11.8 Å². The zero-order valence-corrected chi connectivity index (χ0v) is 17.0. The van der Waals surface area contributed by atoms with Crippen LogP contribution < -0.4 is 5.56 Å². The molecule has 29 heavy (non-hydrogen) atoms. The van der Waals surface area contributed by atoms with Gasteiger partial charge in [-0.15, -0.1) is 0 Å². The molecule has 0 amide bonds. The average Bonchev–Trinajstić information content (AvgIpc) is 2.74. The Morgan fingerprint density at radius 2 is 1.66 bits per heavy atom. The summed E-state index contributed by atoms with van der Waals surface area (Å²) < 4.78 is 1.74. The second-order valence-electron chi connectivity index (χ2n) is 6.89. The van der Waals surface area contributed by atoms with Crippen molar-refractivity contribution in [3.63, 3.8) is 0 Å². The van der Waals surface area contributed by atoms with Gasteiger partial charge in [0.25, 0.3) is 5.56 Å². The van der Waals surface area contributed by atoms with Crippen molar-refractivity contribution >= 4 is 22.7 Å². The van der Waals surface area contributed by atoms with Gasteiger partial charge in [0.05, 0.1) is 28.2 Å². The van der Waals surface area contributed by atoms with Gasteiger partial charge in [0.15, 0.2) is 5.16 Å². The molecule has 0 saturated carbocycles. The number of rotatable bonds is 4. The molecule has 0 fully saturated rings. The van der Waals surface area contributed by atoms with Gasteiger partial charge in [0.1, 0.15) is 0 Å². The molecule has 0 spiro atoms. The third kappa shape index (κ3) is 3.67. The van der Waals surface area contributed by atoms with Crippen molar-refractivity contribution in [1.29, 1.82) is 5.26 Å². The maximum Gasteiger partial charge on any atom is 0.266 e. The van der Waals surface area contributed by atoms with Crippen LogP contribution in [0.2, 0.25) is 0 Å². The first-order valence-electron chi connectivity index (χ1n) is 9.28. The standard InChI is InChI=1S/C24H19N3OS/c1-16-6-5-7-17(2)22(16)27-23(28)20-8-3-4-9-21(20)26-24(27)29-15-19-12-10-18(14-25)11-13-19/h3-13H,15H2,1-2H3. The minimum absolute atomic E-state index is 0.0599. The maximum atomic E-state index is 13.4. The number of para-hydroxylation sites is 2. The van der Waals surface area contributed by atoms with Gasteiger partial charge in [0.2, 0.25) is 0 Å². The van der Waals surface area contributed by atoms with Gasteiger partial charge in [-0.05, 0) is 54.8 Å². The normalized spacial score (nSPS) is 10.8. The van der Waals surface area contributed by atoms with E-state index < -0.39 is 0 Å². The van der Waals surface area contributed by atoms with Crippen molar-refractivity contribution < 1.29 is 0 Å². The average molecular weight is 398 g/mol. The molecule has 0 radical (unpaired) electrons. The number of aryl methyl sites for hydroxylation is 2. The highest BCUT2D eigenvalue weighted by Gasteiger charge is 2.16. The molecule has 1 heterocycles. The Labute approximate surface area is 173 Å². The highest BCUT2D eigenvalue weighted by atomic mass is 32.2. The van der Waals surface area contributed by atoms with Gasteiger partial charge < -0.3 is 0 Å². The molecule has 4 nitrogen and oxygen atoms in total. The lowest BCUT2D eigenvalue weighted by atomic mass is 10.1. The number of hydrogen-bond donors (Lipinski definition) is 0. The number of benzene rings is 3. The predicted octanol–water partition coefficient (Wildman–Crippen LogP) is 5.17. The monoisotopic (exact) mass is 397 g/mol. The third-order valence-corrected chi connectivity index (χ3v) is 5.87. The lowest BCUT2D eigenvalue weighted by Crippen LogP contribution is -2.23. The van der Waals surface area contributed by atoms with Crippen LogP contribution in [0.5, 0.6) is 0 Å². The van der Waals surface area contributed by atoms with E-state index in [9.17, 15) is 4.79 Å². The van der Waals surface area contributed by atoms with Gasteiger partial charge in [-0.25, -0.2) is 4.98 Å². The van der Waals surface area contributed by atoms with E-state index in [1.54, 1.807) is 4.57 Å². The molecule has 0 unspecified atom stereocenters. The zero-order valence-electron chi connectivity index (χ0n) is 16.2. The first-order valence-corrected chi connectivity index (χ1v) is 10.3. The van der Waals surface area contributed by atoms with E-state index in [1.807, 2.05) is 80.6 Å². The van der Waals surface area contributed by atoms with Crippen LogP contribution in [0, 0.1) is 25.2 Å². The van der Waals surface area contributed by atoms with Crippen LogP contribution in [0.15, 0.2) is 76.7 Å².